The van der Waals surface area contributed by atoms with Gasteiger partial charge in [-0.3, -0.25) is 0 Å². The molecular weight excluding hydrogens is 268 g/mol. The molecule has 1 aromatic carbocycles. The zero-order chi connectivity index (χ0) is 14.1. The van der Waals surface area contributed by atoms with E-state index in [0.717, 1.165) is 16.3 Å². The van der Waals surface area contributed by atoms with Gasteiger partial charge in [-0.1, -0.05) is 18.2 Å². The van der Waals surface area contributed by atoms with Crippen molar-refractivity contribution in [3.8, 4) is 5.75 Å². The Morgan fingerprint density at radius 3 is 2.80 bits per heavy atom. The van der Waals surface area contributed by atoms with E-state index >= 15 is 0 Å². The number of para-hydroxylation sites is 1. The standard InChI is InChI=1S/C16H20N2OS/c1-10-5-3-4-6-13(10)19-9-14-18-15(12-7-8-12)16(20-14)11(2)17/h3-6,11-12H,7-9,17H2,1-2H3. The van der Waals surface area contributed by atoms with Crippen LogP contribution in [0.15, 0.2) is 24.3 Å². The smallest absolute Gasteiger partial charge is 0.140 e. The van der Waals surface area contributed by atoms with Gasteiger partial charge in [-0.15, -0.1) is 11.3 Å². The average molecular weight is 288 g/mol. The lowest BCUT2D eigenvalue weighted by Gasteiger charge is -2.06. The molecule has 1 saturated carbocycles. The molecule has 0 radical (unpaired) electrons. The minimum atomic E-state index is 0.0651. The van der Waals surface area contributed by atoms with Gasteiger partial charge >= 0.3 is 0 Å². The molecule has 4 heteroatoms. The van der Waals surface area contributed by atoms with Gasteiger partial charge < -0.3 is 10.5 Å². The molecule has 3 rings (SSSR count). The highest BCUT2D eigenvalue weighted by Gasteiger charge is 2.30. The van der Waals surface area contributed by atoms with Crippen LogP contribution < -0.4 is 10.5 Å². The topological polar surface area (TPSA) is 48.1 Å². The zero-order valence-electron chi connectivity index (χ0n) is 11.9. The number of benzene rings is 1. The summed E-state index contributed by atoms with van der Waals surface area (Å²) in [6.45, 7) is 4.62. The second-order valence-electron chi connectivity index (χ2n) is 5.47. The highest BCUT2D eigenvalue weighted by Crippen LogP contribution is 2.44. The monoisotopic (exact) mass is 288 g/mol. The molecule has 0 amide bonds. The van der Waals surface area contributed by atoms with Crippen molar-refractivity contribution in [2.75, 3.05) is 0 Å². The molecule has 0 spiro atoms. The Morgan fingerprint density at radius 2 is 2.15 bits per heavy atom. The average Bonchev–Trinajstić information content (AvgIpc) is 3.18. The zero-order valence-corrected chi connectivity index (χ0v) is 12.7. The van der Waals surface area contributed by atoms with Crippen LogP contribution in [0, 0.1) is 6.92 Å². The van der Waals surface area contributed by atoms with E-state index in [0.29, 0.717) is 12.5 Å². The van der Waals surface area contributed by atoms with Gasteiger partial charge in [0.15, 0.2) is 0 Å². The fourth-order valence-electron chi connectivity index (χ4n) is 2.29. The molecule has 3 nitrogen and oxygen atoms in total. The van der Waals surface area contributed by atoms with Crippen molar-refractivity contribution in [3.63, 3.8) is 0 Å². The maximum absolute atomic E-state index is 6.05. The van der Waals surface area contributed by atoms with Crippen LogP contribution in [0.2, 0.25) is 0 Å². The van der Waals surface area contributed by atoms with Gasteiger partial charge in [-0.05, 0) is 38.3 Å². The third-order valence-corrected chi connectivity index (χ3v) is 4.79. The van der Waals surface area contributed by atoms with Crippen LogP contribution in [0.5, 0.6) is 5.75 Å². The molecule has 1 aliphatic rings. The normalized spacial score (nSPS) is 16.1. The Hall–Kier alpha value is -1.39. The van der Waals surface area contributed by atoms with Gasteiger partial charge in [-0.2, -0.15) is 0 Å². The van der Waals surface area contributed by atoms with E-state index in [1.807, 2.05) is 25.1 Å². The molecule has 20 heavy (non-hydrogen) atoms. The van der Waals surface area contributed by atoms with Crippen LogP contribution in [0.1, 0.15) is 52.9 Å². The summed E-state index contributed by atoms with van der Waals surface area (Å²) in [6.07, 6.45) is 2.50. The first-order valence-electron chi connectivity index (χ1n) is 7.08. The summed E-state index contributed by atoms with van der Waals surface area (Å²) in [5, 5.41) is 1.03. The van der Waals surface area contributed by atoms with E-state index in [2.05, 4.69) is 13.0 Å². The first-order valence-corrected chi connectivity index (χ1v) is 7.90. The van der Waals surface area contributed by atoms with Gasteiger partial charge in [0.05, 0.1) is 5.69 Å². The molecule has 2 N–H and O–H groups in total. The molecule has 1 heterocycles. The first-order chi connectivity index (χ1) is 9.65. The number of hydrogen-bond acceptors (Lipinski definition) is 4. The van der Waals surface area contributed by atoms with Crippen molar-refractivity contribution in [3.05, 3.63) is 45.4 Å². The molecule has 2 aromatic rings. The largest absolute Gasteiger partial charge is 0.486 e. The van der Waals surface area contributed by atoms with E-state index in [9.17, 15) is 0 Å². The van der Waals surface area contributed by atoms with Crippen molar-refractivity contribution in [1.29, 1.82) is 0 Å². The SMILES string of the molecule is Cc1ccccc1OCc1nc(C2CC2)c(C(C)N)s1. The Bertz CT molecular complexity index is 583. The van der Waals surface area contributed by atoms with Gasteiger partial charge in [0.1, 0.15) is 17.4 Å². The molecule has 1 atom stereocenters. The quantitative estimate of drug-likeness (QED) is 0.907. The minimum absolute atomic E-state index is 0.0651. The number of rotatable bonds is 5. The van der Waals surface area contributed by atoms with Crippen molar-refractivity contribution in [2.45, 2.75) is 45.3 Å². The number of ether oxygens (including phenoxy) is 1. The number of aromatic nitrogens is 1. The van der Waals surface area contributed by atoms with Crippen LogP contribution in [0.25, 0.3) is 0 Å². The first kappa shape index (κ1) is 13.6. The molecule has 1 aromatic heterocycles. The Kier molecular flexibility index (Phi) is 3.76. The van der Waals surface area contributed by atoms with Crippen molar-refractivity contribution in [1.82, 2.24) is 4.98 Å². The van der Waals surface area contributed by atoms with Crippen LogP contribution in [-0.2, 0) is 6.61 Å². The number of thiazole rings is 1. The summed E-state index contributed by atoms with van der Waals surface area (Å²) in [5.74, 6) is 1.57. The predicted molar refractivity (Wildman–Crippen MR) is 82.2 cm³/mol. The number of hydrogen-bond donors (Lipinski definition) is 1. The Labute approximate surface area is 123 Å². The molecule has 0 aliphatic heterocycles. The van der Waals surface area contributed by atoms with E-state index < -0.39 is 0 Å². The summed E-state index contributed by atoms with van der Waals surface area (Å²) in [7, 11) is 0. The lowest BCUT2D eigenvalue weighted by Crippen LogP contribution is -2.05. The fourth-order valence-corrected chi connectivity index (χ4v) is 3.30. The number of nitrogens with two attached hydrogens (primary N) is 1. The molecule has 106 valence electrons. The Morgan fingerprint density at radius 1 is 1.40 bits per heavy atom. The minimum Gasteiger partial charge on any atom is -0.486 e. The summed E-state index contributed by atoms with van der Waals surface area (Å²) in [6, 6.07) is 8.13. The highest BCUT2D eigenvalue weighted by molar-refractivity contribution is 7.11. The van der Waals surface area contributed by atoms with E-state index in [1.54, 1.807) is 11.3 Å². The second kappa shape index (κ2) is 5.54. The van der Waals surface area contributed by atoms with Crippen LogP contribution in [-0.4, -0.2) is 4.98 Å². The van der Waals surface area contributed by atoms with Gasteiger partial charge in [0.2, 0.25) is 0 Å². The molecule has 1 aliphatic carbocycles. The third kappa shape index (κ3) is 2.86. The lowest BCUT2D eigenvalue weighted by molar-refractivity contribution is 0.303. The molecule has 1 fully saturated rings. The van der Waals surface area contributed by atoms with Crippen LogP contribution in [0.4, 0.5) is 0 Å². The summed E-state index contributed by atoms with van der Waals surface area (Å²) in [5.41, 5.74) is 8.42. The van der Waals surface area contributed by atoms with Crippen molar-refractivity contribution >= 4 is 11.3 Å². The second-order valence-corrected chi connectivity index (χ2v) is 6.59. The maximum atomic E-state index is 6.05. The summed E-state index contributed by atoms with van der Waals surface area (Å²) < 4.78 is 5.88. The van der Waals surface area contributed by atoms with Gasteiger partial charge in [0.25, 0.3) is 0 Å². The highest BCUT2D eigenvalue weighted by atomic mass is 32.1. The van der Waals surface area contributed by atoms with Gasteiger partial charge in [0, 0.05) is 16.8 Å². The van der Waals surface area contributed by atoms with Gasteiger partial charge in [-0.25, -0.2) is 4.98 Å². The predicted octanol–water partition coefficient (Wildman–Crippen LogP) is 3.93. The molecule has 0 saturated heterocycles. The number of aryl methyl sites for hydroxylation is 1. The third-order valence-electron chi connectivity index (χ3n) is 3.55. The van der Waals surface area contributed by atoms with Crippen LogP contribution >= 0.6 is 11.3 Å². The van der Waals surface area contributed by atoms with E-state index in [1.165, 1.54) is 23.4 Å². The van der Waals surface area contributed by atoms with Crippen molar-refractivity contribution in [2.24, 2.45) is 5.73 Å². The van der Waals surface area contributed by atoms with Crippen molar-refractivity contribution < 1.29 is 4.74 Å². The summed E-state index contributed by atoms with van der Waals surface area (Å²) in [4.78, 5) is 5.98. The van der Waals surface area contributed by atoms with E-state index in [4.69, 9.17) is 15.5 Å². The lowest BCUT2D eigenvalue weighted by atomic mass is 10.2. The maximum Gasteiger partial charge on any atom is 0.140 e. The molecule has 0 bridgehead atoms. The Balaban J connectivity index is 1.75. The number of nitrogens with zero attached hydrogens (tertiary/aromatic N) is 1. The fraction of sp³-hybridized carbons (Fsp3) is 0.438. The van der Waals surface area contributed by atoms with E-state index in [-0.39, 0.29) is 6.04 Å². The van der Waals surface area contributed by atoms with Crippen LogP contribution in [0.3, 0.4) is 0 Å². The molecular formula is C16H20N2OS. The summed E-state index contributed by atoms with van der Waals surface area (Å²) >= 11 is 1.70. The molecule has 1 unspecified atom stereocenters.